The Balaban J connectivity index is 2.40. The molecule has 0 N–H and O–H groups in total. The van der Waals surface area contributed by atoms with Crippen LogP contribution in [0.3, 0.4) is 0 Å². The Morgan fingerprint density at radius 3 is 2.90 bits per heavy atom. The molecule has 0 aromatic carbocycles. The first-order valence-corrected chi connectivity index (χ1v) is 6.33. The van der Waals surface area contributed by atoms with Crippen LogP contribution in [0.2, 0.25) is 0 Å². The number of nitrogens with zero attached hydrogens (tertiary/aromatic N) is 3. The summed E-state index contributed by atoms with van der Waals surface area (Å²) in [6, 6.07) is 3.51. The second kappa shape index (κ2) is 5.83. The molecule has 6 heteroatoms. The Bertz CT molecular complexity index is 583. The molecule has 2 heterocycles. The predicted octanol–water partition coefficient (Wildman–Crippen LogP) is 2.25. The van der Waals surface area contributed by atoms with E-state index in [2.05, 4.69) is 10.1 Å². The summed E-state index contributed by atoms with van der Waals surface area (Å²) < 4.78 is 12.2. The van der Waals surface area contributed by atoms with E-state index in [0.717, 1.165) is 0 Å². The average molecular weight is 275 g/mol. The lowest BCUT2D eigenvalue weighted by molar-refractivity contribution is -0.133. The molecule has 0 saturated heterocycles. The van der Waals surface area contributed by atoms with Gasteiger partial charge in [0, 0.05) is 12.7 Å². The molecule has 106 valence electrons. The first-order valence-electron chi connectivity index (χ1n) is 6.33. The molecule has 20 heavy (non-hydrogen) atoms. The van der Waals surface area contributed by atoms with E-state index in [0.29, 0.717) is 18.1 Å². The SMILES string of the molecule is CCOC(C)(C)C(=O)/C(=C/c1ccco1)n1cncn1. The zero-order valence-corrected chi connectivity index (χ0v) is 11.7. The van der Waals surface area contributed by atoms with Crippen LogP contribution in [0.1, 0.15) is 26.5 Å². The van der Waals surface area contributed by atoms with Crippen molar-refractivity contribution in [3.05, 3.63) is 36.8 Å². The molecule has 6 nitrogen and oxygen atoms in total. The highest BCUT2D eigenvalue weighted by molar-refractivity contribution is 6.22. The van der Waals surface area contributed by atoms with Crippen molar-refractivity contribution in [2.24, 2.45) is 0 Å². The summed E-state index contributed by atoms with van der Waals surface area (Å²) in [6.07, 6.45) is 6.01. The van der Waals surface area contributed by atoms with Gasteiger partial charge in [-0.2, -0.15) is 5.10 Å². The first-order chi connectivity index (χ1) is 9.54. The molecule has 0 saturated carbocycles. The number of furan rings is 1. The number of rotatable bonds is 6. The Hall–Kier alpha value is -2.21. The Morgan fingerprint density at radius 1 is 1.55 bits per heavy atom. The van der Waals surface area contributed by atoms with E-state index in [1.807, 2.05) is 6.92 Å². The van der Waals surface area contributed by atoms with Gasteiger partial charge >= 0.3 is 0 Å². The highest BCUT2D eigenvalue weighted by atomic mass is 16.5. The van der Waals surface area contributed by atoms with Gasteiger partial charge in [0.15, 0.2) is 0 Å². The van der Waals surface area contributed by atoms with Crippen LogP contribution < -0.4 is 0 Å². The standard InChI is InChI=1S/C14H17N3O3/c1-4-20-14(2,3)13(18)12(17-10-15-9-16-17)8-11-6-5-7-19-11/h5-10H,4H2,1-3H3/b12-8-. The summed E-state index contributed by atoms with van der Waals surface area (Å²) >= 11 is 0. The molecule has 0 amide bonds. The molecule has 2 aromatic rings. The Kier molecular flexibility index (Phi) is 4.14. The van der Waals surface area contributed by atoms with Crippen LogP contribution in [0.25, 0.3) is 11.8 Å². The number of aromatic nitrogens is 3. The molecule has 2 rings (SSSR count). The summed E-state index contributed by atoms with van der Waals surface area (Å²) in [6.45, 7) is 5.75. The smallest absolute Gasteiger partial charge is 0.212 e. The molecule has 0 fully saturated rings. The number of carbonyl (C=O) groups excluding carboxylic acids is 1. The number of hydrogen-bond acceptors (Lipinski definition) is 5. The maximum atomic E-state index is 12.7. The minimum Gasteiger partial charge on any atom is -0.465 e. The third kappa shape index (κ3) is 3.03. The normalized spacial score (nSPS) is 12.7. The molecular formula is C14H17N3O3. The maximum Gasteiger partial charge on any atom is 0.212 e. The van der Waals surface area contributed by atoms with Crippen LogP contribution in [0.5, 0.6) is 0 Å². The molecule has 0 aliphatic heterocycles. The van der Waals surface area contributed by atoms with Crippen molar-refractivity contribution in [3.63, 3.8) is 0 Å². The summed E-state index contributed by atoms with van der Waals surface area (Å²) in [5.41, 5.74) is -0.602. The number of ether oxygens (including phenoxy) is 1. The van der Waals surface area contributed by atoms with Crippen LogP contribution in [-0.4, -0.2) is 32.8 Å². The summed E-state index contributed by atoms with van der Waals surface area (Å²) in [5.74, 6) is 0.373. The second-order valence-corrected chi connectivity index (χ2v) is 4.66. The minimum absolute atomic E-state index is 0.193. The number of carbonyl (C=O) groups is 1. The topological polar surface area (TPSA) is 70.2 Å². The zero-order valence-electron chi connectivity index (χ0n) is 11.7. The van der Waals surface area contributed by atoms with E-state index in [4.69, 9.17) is 9.15 Å². The van der Waals surface area contributed by atoms with Crippen LogP contribution in [0.4, 0.5) is 0 Å². The van der Waals surface area contributed by atoms with Gasteiger partial charge < -0.3 is 9.15 Å². The highest BCUT2D eigenvalue weighted by Crippen LogP contribution is 2.21. The van der Waals surface area contributed by atoms with Crippen LogP contribution in [0, 0.1) is 0 Å². The average Bonchev–Trinajstić information content (AvgIpc) is 3.08. The van der Waals surface area contributed by atoms with Crippen molar-refractivity contribution in [3.8, 4) is 0 Å². The van der Waals surface area contributed by atoms with E-state index in [9.17, 15) is 4.79 Å². The van der Waals surface area contributed by atoms with Crippen molar-refractivity contribution in [1.82, 2.24) is 14.8 Å². The Labute approximate surface area is 117 Å². The highest BCUT2D eigenvalue weighted by Gasteiger charge is 2.32. The zero-order chi connectivity index (χ0) is 14.6. The van der Waals surface area contributed by atoms with Crippen molar-refractivity contribution in [1.29, 1.82) is 0 Å². The maximum absolute atomic E-state index is 12.7. The molecular weight excluding hydrogens is 258 g/mol. The number of hydrogen-bond donors (Lipinski definition) is 0. The quantitative estimate of drug-likeness (QED) is 0.756. The summed E-state index contributed by atoms with van der Waals surface area (Å²) in [5, 5.41) is 4.01. The lowest BCUT2D eigenvalue weighted by atomic mass is 10.00. The van der Waals surface area contributed by atoms with E-state index >= 15 is 0 Å². The monoisotopic (exact) mass is 275 g/mol. The van der Waals surface area contributed by atoms with E-state index < -0.39 is 5.60 Å². The van der Waals surface area contributed by atoms with Gasteiger partial charge in [0.1, 0.15) is 29.7 Å². The lowest BCUT2D eigenvalue weighted by Crippen LogP contribution is -2.37. The van der Waals surface area contributed by atoms with Gasteiger partial charge in [-0.1, -0.05) is 0 Å². The molecule has 0 radical (unpaired) electrons. The molecule has 0 aliphatic rings. The van der Waals surface area contributed by atoms with Gasteiger partial charge in [-0.25, -0.2) is 9.67 Å². The largest absolute Gasteiger partial charge is 0.465 e. The fourth-order valence-electron chi connectivity index (χ4n) is 1.81. The van der Waals surface area contributed by atoms with Crippen molar-refractivity contribution < 1.29 is 13.9 Å². The van der Waals surface area contributed by atoms with Gasteiger partial charge in [0.05, 0.1) is 6.26 Å². The van der Waals surface area contributed by atoms with E-state index in [-0.39, 0.29) is 5.78 Å². The van der Waals surface area contributed by atoms with Gasteiger partial charge in [0.25, 0.3) is 0 Å². The van der Waals surface area contributed by atoms with Crippen molar-refractivity contribution in [2.75, 3.05) is 6.61 Å². The molecule has 0 bridgehead atoms. The molecule has 0 atom stereocenters. The van der Waals surface area contributed by atoms with Crippen LogP contribution >= 0.6 is 0 Å². The number of Topliss-reactive ketones (excluding diaryl/α,β-unsaturated/α-hetero) is 1. The van der Waals surface area contributed by atoms with Crippen LogP contribution in [0.15, 0.2) is 35.5 Å². The summed E-state index contributed by atoms with van der Waals surface area (Å²) in [4.78, 5) is 16.5. The van der Waals surface area contributed by atoms with Crippen molar-refractivity contribution in [2.45, 2.75) is 26.4 Å². The summed E-state index contributed by atoms with van der Waals surface area (Å²) in [7, 11) is 0. The molecule has 0 unspecified atom stereocenters. The Morgan fingerprint density at radius 2 is 2.35 bits per heavy atom. The van der Waals surface area contributed by atoms with E-state index in [1.165, 1.54) is 17.3 Å². The van der Waals surface area contributed by atoms with Gasteiger partial charge in [-0.05, 0) is 32.9 Å². The van der Waals surface area contributed by atoms with Crippen molar-refractivity contribution >= 4 is 17.6 Å². The van der Waals surface area contributed by atoms with E-state index in [1.54, 1.807) is 38.3 Å². The van der Waals surface area contributed by atoms with Gasteiger partial charge in [-0.3, -0.25) is 4.79 Å². The van der Waals surface area contributed by atoms with Gasteiger partial charge in [0.2, 0.25) is 5.78 Å². The fourth-order valence-corrected chi connectivity index (χ4v) is 1.81. The third-order valence-electron chi connectivity index (χ3n) is 2.77. The fraction of sp³-hybridized carbons (Fsp3) is 0.357. The first kappa shape index (κ1) is 14.2. The molecule has 0 aliphatic carbocycles. The third-order valence-corrected chi connectivity index (χ3v) is 2.77. The minimum atomic E-state index is -0.945. The van der Waals surface area contributed by atoms with Crippen LogP contribution in [-0.2, 0) is 9.53 Å². The second-order valence-electron chi connectivity index (χ2n) is 4.66. The molecule has 2 aromatic heterocycles. The lowest BCUT2D eigenvalue weighted by Gasteiger charge is -2.24. The van der Waals surface area contributed by atoms with Gasteiger partial charge in [-0.15, -0.1) is 0 Å². The predicted molar refractivity (Wildman–Crippen MR) is 73.6 cm³/mol. The molecule has 0 spiro atoms. The number of ketones is 1.